The first-order valence-electron chi connectivity index (χ1n) is 9.85. The molecule has 13 heteroatoms. The lowest BCUT2D eigenvalue weighted by atomic mass is 10.0. The molecule has 1 saturated heterocycles. The van der Waals surface area contributed by atoms with Crippen LogP contribution in [-0.2, 0) is 14.4 Å². The predicted molar refractivity (Wildman–Crippen MR) is 112 cm³/mol. The number of urea groups is 1. The van der Waals surface area contributed by atoms with E-state index in [0.717, 1.165) is 21.3 Å². The second-order valence-electron chi connectivity index (χ2n) is 8.05. The Morgan fingerprint density at radius 3 is 2.62 bits per heavy atom. The van der Waals surface area contributed by atoms with Gasteiger partial charge in [-0.15, -0.1) is 17.9 Å². The minimum Gasteiger partial charge on any atom is -0.479 e. The van der Waals surface area contributed by atoms with Gasteiger partial charge in [-0.3, -0.25) is 9.63 Å². The van der Waals surface area contributed by atoms with Crippen LogP contribution >= 0.6 is 11.3 Å². The minimum absolute atomic E-state index is 0.0587. The predicted octanol–water partition coefficient (Wildman–Crippen LogP) is 1.43. The van der Waals surface area contributed by atoms with Crippen molar-refractivity contribution in [2.24, 2.45) is 0 Å². The van der Waals surface area contributed by atoms with Gasteiger partial charge in [0, 0.05) is 13.1 Å². The van der Waals surface area contributed by atoms with Crippen LogP contribution < -0.4 is 10.6 Å². The van der Waals surface area contributed by atoms with Gasteiger partial charge in [-0.2, -0.15) is 5.06 Å². The molecule has 174 valence electrons. The standard InChI is InChI=1S/C19H25N5O7S/c1-5-8-30-24-10-9-23(18(24)29)12(16(26)27)11-13(10)32-15(22-11)14(25)20-6-7-21-17(28)31-19(2,3)4/h5,10,12H,1,6-9H2,2-4H3,(H,20,25)(H,21,28)(H,26,27). The van der Waals surface area contributed by atoms with Gasteiger partial charge in [0.2, 0.25) is 0 Å². The molecule has 2 aliphatic heterocycles. The molecule has 0 radical (unpaired) electrons. The maximum atomic E-state index is 12.6. The van der Waals surface area contributed by atoms with Crippen LogP contribution in [0, 0.1) is 0 Å². The van der Waals surface area contributed by atoms with Gasteiger partial charge >= 0.3 is 18.1 Å². The fraction of sp³-hybridized carbons (Fsp3) is 0.526. The number of carboxylic acids is 1. The highest BCUT2D eigenvalue weighted by Gasteiger charge is 2.53. The van der Waals surface area contributed by atoms with E-state index < -0.39 is 41.7 Å². The summed E-state index contributed by atoms with van der Waals surface area (Å²) in [5.41, 5.74) is -0.484. The van der Waals surface area contributed by atoms with E-state index in [-0.39, 0.29) is 36.9 Å². The summed E-state index contributed by atoms with van der Waals surface area (Å²) in [4.78, 5) is 59.9. The lowest BCUT2D eigenvalue weighted by molar-refractivity contribution is -0.142. The Hall–Kier alpha value is -3.19. The van der Waals surface area contributed by atoms with Crippen molar-refractivity contribution < 1.29 is 33.9 Å². The maximum absolute atomic E-state index is 12.6. The van der Waals surface area contributed by atoms with E-state index in [1.165, 1.54) is 6.08 Å². The van der Waals surface area contributed by atoms with Gasteiger partial charge in [0.1, 0.15) is 11.6 Å². The molecule has 1 aromatic heterocycles. The van der Waals surface area contributed by atoms with E-state index in [1.807, 2.05) is 0 Å². The van der Waals surface area contributed by atoms with Gasteiger partial charge in [0.05, 0.1) is 23.7 Å². The lowest BCUT2D eigenvalue weighted by Crippen LogP contribution is -2.39. The van der Waals surface area contributed by atoms with Crippen LogP contribution in [-0.4, -0.2) is 75.9 Å². The lowest BCUT2D eigenvalue weighted by Gasteiger charge is -2.26. The first-order chi connectivity index (χ1) is 15.0. The van der Waals surface area contributed by atoms with Crippen molar-refractivity contribution in [3.63, 3.8) is 0 Å². The maximum Gasteiger partial charge on any atom is 0.407 e. The number of thiazole rings is 1. The smallest absolute Gasteiger partial charge is 0.407 e. The number of carbonyl (C=O) groups is 4. The van der Waals surface area contributed by atoms with Crippen molar-refractivity contribution in [1.82, 2.24) is 25.6 Å². The zero-order chi connectivity index (χ0) is 23.6. The number of rotatable bonds is 8. The Morgan fingerprint density at radius 1 is 1.31 bits per heavy atom. The number of aliphatic carboxylic acids is 1. The molecule has 2 bridgehead atoms. The number of ether oxygens (including phenoxy) is 1. The minimum atomic E-state index is -1.31. The van der Waals surface area contributed by atoms with Crippen LogP contribution in [0.15, 0.2) is 12.7 Å². The monoisotopic (exact) mass is 467 g/mol. The number of nitrogens with zero attached hydrogens (tertiary/aromatic N) is 3. The average molecular weight is 468 g/mol. The molecule has 0 saturated carbocycles. The molecule has 32 heavy (non-hydrogen) atoms. The number of hydrogen-bond donors (Lipinski definition) is 3. The summed E-state index contributed by atoms with van der Waals surface area (Å²) in [6, 6.07) is -2.45. The number of alkyl carbamates (subject to hydrolysis) is 1. The molecular weight excluding hydrogens is 442 g/mol. The molecule has 2 unspecified atom stereocenters. The molecular formula is C19H25N5O7S. The van der Waals surface area contributed by atoms with Crippen molar-refractivity contribution in [3.05, 3.63) is 28.2 Å². The zero-order valence-electron chi connectivity index (χ0n) is 17.9. The molecule has 3 N–H and O–H groups in total. The zero-order valence-corrected chi connectivity index (χ0v) is 18.7. The van der Waals surface area contributed by atoms with E-state index in [4.69, 9.17) is 9.57 Å². The van der Waals surface area contributed by atoms with E-state index >= 15 is 0 Å². The first kappa shape index (κ1) is 23.5. The molecule has 1 aromatic rings. The normalized spacial score (nSPS) is 19.4. The summed E-state index contributed by atoms with van der Waals surface area (Å²) in [5.74, 6) is -1.77. The summed E-state index contributed by atoms with van der Waals surface area (Å²) >= 11 is 1.01. The van der Waals surface area contributed by atoms with E-state index in [0.29, 0.717) is 4.88 Å². The Morgan fingerprint density at radius 2 is 2.00 bits per heavy atom. The molecule has 0 aliphatic carbocycles. The van der Waals surface area contributed by atoms with Gasteiger partial charge in [0.25, 0.3) is 5.91 Å². The SMILES string of the molecule is C=CCON1C(=O)N2CC1c1sc(C(=O)NCCNC(=O)OC(C)(C)C)nc1C2C(=O)O. The molecule has 2 aliphatic rings. The Kier molecular flexibility index (Phi) is 6.69. The van der Waals surface area contributed by atoms with Crippen LogP contribution in [0.2, 0.25) is 0 Å². The van der Waals surface area contributed by atoms with Crippen LogP contribution in [0.3, 0.4) is 0 Å². The van der Waals surface area contributed by atoms with Crippen LogP contribution in [0.5, 0.6) is 0 Å². The highest BCUT2D eigenvalue weighted by atomic mass is 32.1. The van der Waals surface area contributed by atoms with Crippen LogP contribution in [0.1, 0.15) is 53.2 Å². The van der Waals surface area contributed by atoms with Crippen molar-refractivity contribution in [3.8, 4) is 0 Å². The molecule has 1 fully saturated rings. The molecule has 12 nitrogen and oxygen atoms in total. The number of amides is 4. The van der Waals surface area contributed by atoms with Crippen LogP contribution in [0.4, 0.5) is 9.59 Å². The summed E-state index contributed by atoms with van der Waals surface area (Å²) in [7, 11) is 0. The van der Waals surface area contributed by atoms with Crippen LogP contribution in [0.25, 0.3) is 0 Å². The Balaban J connectivity index is 1.68. The fourth-order valence-electron chi connectivity index (χ4n) is 3.29. The van der Waals surface area contributed by atoms with Gasteiger partial charge < -0.3 is 25.4 Å². The molecule has 3 heterocycles. The van der Waals surface area contributed by atoms with E-state index in [9.17, 15) is 24.3 Å². The second-order valence-corrected chi connectivity index (χ2v) is 9.09. The number of nitrogens with one attached hydrogen (secondary N) is 2. The quantitative estimate of drug-likeness (QED) is 0.384. The first-order valence-corrected chi connectivity index (χ1v) is 10.7. The number of hydroxylamine groups is 2. The van der Waals surface area contributed by atoms with Crippen molar-refractivity contribution in [2.45, 2.75) is 38.5 Å². The third kappa shape index (κ3) is 4.83. The van der Waals surface area contributed by atoms with Crippen molar-refractivity contribution in [2.75, 3.05) is 26.2 Å². The van der Waals surface area contributed by atoms with Gasteiger partial charge in [-0.1, -0.05) is 6.08 Å². The molecule has 3 rings (SSSR count). The largest absolute Gasteiger partial charge is 0.479 e. The van der Waals surface area contributed by atoms with Gasteiger partial charge in [0.15, 0.2) is 11.0 Å². The fourth-order valence-corrected chi connectivity index (χ4v) is 4.37. The number of hydrogen-bond acceptors (Lipinski definition) is 8. The van der Waals surface area contributed by atoms with Crippen molar-refractivity contribution >= 4 is 35.3 Å². The number of carboxylic acid groups (broad SMARTS) is 1. The Bertz CT molecular complexity index is 941. The molecule has 0 aromatic carbocycles. The molecule has 0 spiro atoms. The summed E-state index contributed by atoms with van der Waals surface area (Å²) in [6.07, 6.45) is 0.868. The number of carbonyl (C=O) groups excluding carboxylic acids is 3. The second kappa shape index (κ2) is 9.12. The topological polar surface area (TPSA) is 150 Å². The third-order valence-corrected chi connectivity index (χ3v) is 5.65. The van der Waals surface area contributed by atoms with Crippen molar-refractivity contribution in [1.29, 1.82) is 0 Å². The average Bonchev–Trinajstić information content (AvgIpc) is 3.24. The third-order valence-electron chi connectivity index (χ3n) is 4.48. The number of aromatic nitrogens is 1. The van der Waals surface area contributed by atoms with E-state index in [1.54, 1.807) is 20.8 Å². The van der Waals surface area contributed by atoms with Gasteiger partial charge in [-0.05, 0) is 20.8 Å². The summed E-state index contributed by atoms with van der Waals surface area (Å²) in [6.45, 7) is 9.20. The number of fused-ring (bicyclic) bond motifs is 4. The molecule has 4 amide bonds. The van der Waals surface area contributed by atoms with Gasteiger partial charge in [-0.25, -0.2) is 19.4 Å². The molecule has 2 atom stereocenters. The summed E-state index contributed by atoms with van der Waals surface area (Å²) < 4.78 is 5.11. The summed E-state index contributed by atoms with van der Waals surface area (Å²) in [5, 5.41) is 16.0. The highest BCUT2D eigenvalue weighted by Crippen LogP contribution is 2.46. The highest BCUT2D eigenvalue weighted by molar-refractivity contribution is 7.13. The van der Waals surface area contributed by atoms with E-state index in [2.05, 4.69) is 22.2 Å². The Labute approximate surface area is 188 Å².